The van der Waals surface area contributed by atoms with Gasteiger partial charge in [-0.2, -0.15) is 0 Å². The minimum atomic E-state index is -2.81. The number of hydrogen-bond donors (Lipinski definition) is 1. The van der Waals surface area contributed by atoms with E-state index in [1.807, 2.05) is 6.92 Å². The first kappa shape index (κ1) is 17.9. The van der Waals surface area contributed by atoms with E-state index in [0.717, 1.165) is 26.1 Å². The summed E-state index contributed by atoms with van der Waals surface area (Å²) < 4.78 is 23.3. The van der Waals surface area contributed by atoms with Crippen LogP contribution in [0, 0.1) is 5.41 Å². The number of nitrogens with zero attached hydrogens (tertiary/aromatic N) is 1. The Hall–Kier alpha value is -0.130. The summed E-state index contributed by atoms with van der Waals surface area (Å²) in [5.74, 6) is 0.638. The van der Waals surface area contributed by atoms with Crippen molar-refractivity contribution < 1.29 is 8.42 Å². The van der Waals surface area contributed by atoms with Crippen molar-refractivity contribution in [2.45, 2.75) is 53.0 Å². The van der Waals surface area contributed by atoms with Crippen LogP contribution < -0.4 is 5.32 Å². The minimum absolute atomic E-state index is 0.149. The first-order valence-electron chi connectivity index (χ1n) is 7.97. The third kappa shape index (κ3) is 5.70. The van der Waals surface area contributed by atoms with Gasteiger partial charge in [0.15, 0.2) is 9.84 Å². The number of nitrogens with one attached hydrogen (secondary N) is 1. The van der Waals surface area contributed by atoms with E-state index < -0.39 is 9.84 Å². The minimum Gasteiger partial charge on any atom is -0.316 e. The van der Waals surface area contributed by atoms with Crippen LogP contribution in [0.15, 0.2) is 0 Å². The molecule has 0 amide bonds. The van der Waals surface area contributed by atoms with Gasteiger partial charge < -0.3 is 5.32 Å². The highest BCUT2D eigenvalue weighted by Crippen LogP contribution is 2.26. The molecule has 1 fully saturated rings. The summed E-state index contributed by atoms with van der Waals surface area (Å²) >= 11 is 0. The maximum absolute atomic E-state index is 11.7. The highest BCUT2D eigenvalue weighted by atomic mass is 32.2. The molecule has 5 heteroatoms. The van der Waals surface area contributed by atoms with Crippen LogP contribution in [-0.4, -0.2) is 57.0 Å². The Balaban J connectivity index is 2.60. The van der Waals surface area contributed by atoms with Crippen molar-refractivity contribution in [1.82, 2.24) is 10.2 Å². The van der Waals surface area contributed by atoms with Gasteiger partial charge in [0.25, 0.3) is 0 Å². The third-order valence-electron chi connectivity index (χ3n) is 4.22. The Bertz CT molecular complexity index is 383. The van der Waals surface area contributed by atoms with Gasteiger partial charge in [-0.3, -0.25) is 4.90 Å². The smallest absolute Gasteiger partial charge is 0.153 e. The standard InChI is InChI=1S/C15H32N2O2S/c1-5-7-15(4,12-16-8-6-2)13-17-9-10-20(18,19)11-14(17)3/h14,16H,5-13H2,1-4H3. The SMILES string of the molecule is CCCNCC(C)(CCC)CN1CCS(=O)(=O)CC1C. The molecule has 0 spiro atoms. The van der Waals surface area contributed by atoms with Crippen LogP contribution in [0.3, 0.4) is 0 Å². The van der Waals surface area contributed by atoms with Crippen LogP contribution >= 0.6 is 0 Å². The maximum Gasteiger partial charge on any atom is 0.153 e. The highest BCUT2D eigenvalue weighted by Gasteiger charge is 2.33. The Morgan fingerprint density at radius 2 is 2.00 bits per heavy atom. The molecule has 2 unspecified atom stereocenters. The molecule has 0 radical (unpaired) electrons. The molecular weight excluding hydrogens is 272 g/mol. The largest absolute Gasteiger partial charge is 0.316 e. The molecule has 2 atom stereocenters. The van der Waals surface area contributed by atoms with Gasteiger partial charge in [0.2, 0.25) is 0 Å². The van der Waals surface area contributed by atoms with E-state index in [-0.39, 0.29) is 11.5 Å². The molecule has 0 aromatic carbocycles. The van der Waals surface area contributed by atoms with E-state index in [1.165, 1.54) is 12.8 Å². The molecule has 1 saturated heterocycles. The summed E-state index contributed by atoms with van der Waals surface area (Å²) in [6, 6.07) is 0.149. The van der Waals surface area contributed by atoms with Crippen molar-refractivity contribution in [3.8, 4) is 0 Å². The lowest BCUT2D eigenvalue weighted by Gasteiger charge is -2.40. The van der Waals surface area contributed by atoms with Crippen molar-refractivity contribution in [1.29, 1.82) is 0 Å². The van der Waals surface area contributed by atoms with Crippen molar-refractivity contribution in [3.63, 3.8) is 0 Å². The molecule has 0 aromatic rings. The van der Waals surface area contributed by atoms with Crippen LogP contribution in [0.25, 0.3) is 0 Å². The molecule has 1 heterocycles. The van der Waals surface area contributed by atoms with E-state index in [9.17, 15) is 8.42 Å². The predicted octanol–water partition coefficient (Wildman–Crippen LogP) is 1.91. The zero-order valence-electron chi connectivity index (χ0n) is 13.6. The Labute approximate surface area is 125 Å². The fourth-order valence-electron chi connectivity index (χ4n) is 3.15. The van der Waals surface area contributed by atoms with Crippen LogP contribution in [0.5, 0.6) is 0 Å². The lowest BCUT2D eigenvalue weighted by atomic mass is 9.84. The van der Waals surface area contributed by atoms with E-state index in [1.54, 1.807) is 0 Å². The zero-order chi connectivity index (χ0) is 15.2. The van der Waals surface area contributed by atoms with Crippen LogP contribution in [0.1, 0.15) is 47.0 Å². The topological polar surface area (TPSA) is 49.4 Å². The summed E-state index contributed by atoms with van der Waals surface area (Å²) in [5.41, 5.74) is 0.235. The molecule has 120 valence electrons. The monoisotopic (exact) mass is 304 g/mol. The van der Waals surface area contributed by atoms with Gasteiger partial charge in [-0.15, -0.1) is 0 Å². The molecule has 1 N–H and O–H groups in total. The van der Waals surface area contributed by atoms with E-state index >= 15 is 0 Å². The van der Waals surface area contributed by atoms with Crippen molar-refractivity contribution in [2.24, 2.45) is 5.41 Å². The molecule has 1 aliphatic heterocycles. The normalized spacial score (nSPS) is 26.3. The molecule has 1 rings (SSSR count). The molecule has 0 saturated carbocycles. The maximum atomic E-state index is 11.7. The molecule has 20 heavy (non-hydrogen) atoms. The average Bonchev–Trinajstić information content (AvgIpc) is 2.33. The summed E-state index contributed by atoms with van der Waals surface area (Å²) in [6.45, 7) is 12.5. The van der Waals surface area contributed by atoms with Gasteiger partial charge in [0.05, 0.1) is 11.5 Å². The molecular formula is C15H32N2O2S. The molecule has 0 aliphatic carbocycles. The van der Waals surface area contributed by atoms with Crippen LogP contribution in [-0.2, 0) is 9.84 Å². The molecule has 0 aromatic heterocycles. The van der Waals surface area contributed by atoms with Gasteiger partial charge in [0, 0.05) is 25.7 Å². The summed E-state index contributed by atoms with van der Waals surface area (Å²) in [7, 11) is -2.81. The van der Waals surface area contributed by atoms with Crippen LogP contribution in [0.4, 0.5) is 0 Å². The van der Waals surface area contributed by atoms with Crippen molar-refractivity contribution in [3.05, 3.63) is 0 Å². The summed E-state index contributed by atoms with van der Waals surface area (Å²) in [6.07, 6.45) is 3.51. The third-order valence-corrected chi connectivity index (χ3v) is 6.02. The second kappa shape index (κ2) is 7.76. The van der Waals surface area contributed by atoms with Gasteiger partial charge in [0.1, 0.15) is 0 Å². The Kier molecular flexibility index (Phi) is 6.95. The predicted molar refractivity (Wildman–Crippen MR) is 85.9 cm³/mol. The fourth-order valence-corrected chi connectivity index (χ4v) is 4.78. The molecule has 4 nitrogen and oxygen atoms in total. The van der Waals surface area contributed by atoms with Crippen molar-refractivity contribution >= 4 is 9.84 Å². The molecule has 0 bridgehead atoms. The van der Waals surface area contributed by atoms with Crippen molar-refractivity contribution in [2.75, 3.05) is 37.7 Å². The first-order chi connectivity index (χ1) is 9.32. The van der Waals surface area contributed by atoms with Gasteiger partial charge in [-0.05, 0) is 31.7 Å². The second-order valence-electron chi connectivity index (χ2n) is 6.67. The van der Waals surface area contributed by atoms with Gasteiger partial charge in [-0.25, -0.2) is 8.42 Å². The second-order valence-corrected chi connectivity index (χ2v) is 8.90. The zero-order valence-corrected chi connectivity index (χ0v) is 14.4. The first-order valence-corrected chi connectivity index (χ1v) is 9.79. The Morgan fingerprint density at radius 1 is 1.30 bits per heavy atom. The number of hydrogen-bond acceptors (Lipinski definition) is 4. The number of sulfone groups is 1. The number of rotatable bonds is 8. The quantitative estimate of drug-likeness (QED) is 0.696. The van der Waals surface area contributed by atoms with E-state index in [2.05, 4.69) is 31.0 Å². The highest BCUT2D eigenvalue weighted by molar-refractivity contribution is 7.91. The van der Waals surface area contributed by atoms with E-state index in [4.69, 9.17) is 0 Å². The van der Waals surface area contributed by atoms with Gasteiger partial charge >= 0.3 is 0 Å². The lowest BCUT2D eigenvalue weighted by Crippen LogP contribution is -2.52. The van der Waals surface area contributed by atoms with E-state index in [0.29, 0.717) is 18.1 Å². The Morgan fingerprint density at radius 3 is 2.55 bits per heavy atom. The van der Waals surface area contributed by atoms with Gasteiger partial charge in [-0.1, -0.05) is 27.2 Å². The summed E-state index contributed by atoms with van der Waals surface area (Å²) in [5, 5.41) is 3.54. The average molecular weight is 305 g/mol. The van der Waals surface area contributed by atoms with Crippen LogP contribution in [0.2, 0.25) is 0 Å². The fraction of sp³-hybridized carbons (Fsp3) is 1.00. The summed E-state index contributed by atoms with van der Waals surface area (Å²) in [4.78, 5) is 2.37. The molecule has 1 aliphatic rings. The lowest BCUT2D eigenvalue weighted by molar-refractivity contribution is 0.125.